The molecule has 0 atom stereocenters. The largest absolute Gasteiger partial charge is 0.496 e. The number of halogens is 1. The van der Waals surface area contributed by atoms with Crippen LogP contribution in [0.5, 0.6) is 5.75 Å². The number of nitrogens with zero attached hydrogens (tertiary/aromatic N) is 4. The first-order chi connectivity index (χ1) is 12.5. The van der Waals surface area contributed by atoms with Gasteiger partial charge < -0.3 is 4.74 Å². The van der Waals surface area contributed by atoms with Crippen LogP contribution >= 0.6 is 27.7 Å². The van der Waals surface area contributed by atoms with Crippen molar-refractivity contribution < 1.29 is 9.53 Å². The molecule has 2 aromatic carbocycles. The molecule has 0 N–H and O–H groups in total. The van der Waals surface area contributed by atoms with Crippen LogP contribution < -0.4 is 4.74 Å². The third-order valence-electron chi connectivity index (χ3n) is 3.84. The van der Waals surface area contributed by atoms with Gasteiger partial charge in [0, 0.05) is 5.56 Å². The lowest BCUT2D eigenvalue weighted by molar-refractivity contribution is 0.102. The van der Waals surface area contributed by atoms with Gasteiger partial charge >= 0.3 is 0 Å². The van der Waals surface area contributed by atoms with Crippen molar-refractivity contribution in [2.75, 3.05) is 12.9 Å². The number of ether oxygens (including phenoxy) is 1. The van der Waals surface area contributed by atoms with Crippen molar-refractivity contribution in [3.8, 4) is 11.4 Å². The third kappa shape index (κ3) is 3.96. The van der Waals surface area contributed by atoms with Gasteiger partial charge in [0.15, 0.2) is 5.78 Å². The van der Waals surface area contributed by atoms with Gasteiger partial charge in [-0.15, -0.1) is 5.10 Å². The number of aromatic nitrogens is 4. The number of thioether (sulfide) groups is 1. The van der Waals surface area contributed by atoms with Gasteiger partial charge in [0.2, 0.25) is 5.16 Å². The molecule has 1 heterocycles. The first-order valence-electron chi connectivity index (χ1n) is 7.85. The van der Waals surface area contributed by atoms with Crippen LogP contribution in [0.1, 0.15) is 21.5 Å². The summed E-state index contributed by atoms with van der Waals surface area (Å²) in [6, 6.07) is 11.4. The van der Waals surface area contributed by atoms with E-state index in [9.17, 15) is 4.79 Å². The summed E-state index contributed by atoms with van der Waals surface area (Å²) in [7, 11) is 1.59. The number of Topliss-reactive ketones (excluding diaryl/α,β-unsaturated/α-hetero) is 1. The summed E-state index contributed by atoms with van der Waals surface area (Å²) in [4.78, 5) is 12.5. The fourth-order valence-electron chi connectivity index (χ4n) is 2.42. The van der Waals surface area contributed by atoms with Crippen LogP contribution in [0.2, 0.25) is 0 Å². The fraction of sp³-hybridized carbons (Fsp3) is 0.222. The first kappa shape index (κ1) is 18.6. The van der Waals surface area contributed by atoms with E-state index in [1.54, 1.807) is 30.0 Å². The molecule has 6 nitrogen and oxygen atoms in total. The van der Waals surface area contributed by atoms with Crippen LogP contribution in [-0.2, 0) is 0 Å². The second-order valence-corrected chi connectivity index (χ2v) is 7.52. The molecule has 0 amide bonds. The third-order valence-corrected chi connectivity index (χ3v) is 5.38. The van der Waals surface area contributed by atoms with Crippen molar-refractivity contribution in [1.29, 1.82) is 0 Å². The molecule has 0 bridgehead atoms. The lowest BCUT2D eigenvalue weighted by Crippen LogP contribution is -2.06. The fourth-order valence-corrected chi connectivity index (χ4v) is 3.74. The van der Waals surface area contributed by atoms with E-state index in [1.165, 1.54) is 11.8 Å². The quantitative estimate of drug-likeness (QED) is 0.432. The molecule has 0 fully saturated rings. The summed E-state index contributed by atoms with van der Waals surface area (Å²) >= 11 is 4.71. The van der Waals surface area contributed by atoms with Gasteiger partial charge in [0.25, 0.3) is 0 Å². The number of carbonyl (C=O) groups is 1. The first-order valence-corrected chi connectivity index (χ1v) is 9.63. The summed E-state index contributed by atoms with van der Waals surface area (Å²) in [5.41, 5.74) is 3.71. The minimum Gasteiger partial charge on any atom is -0.496 e. The molecule has 134 valence electrons. The molecule has 0 unspecified atom stereocenters. The molecule has 1 aromatic heterocycles. The lowest BCUT2D eigenvalue weighted by atomic mass is 10.1. The molecule has 0 aliphatic heterocycles. The van der Waals surface area contributed by atoms with Crippen LogP contribution in [0.25, 0.3) is 5.69 Å². The van der Waals surface area contributed by atoms with E-state index in [-0.39, 0.29) is 11.5 Å². The van der Waals surface area contributed by atoms with E-state index in [2.05, 4.69) is 31.5 Å². The Labute approximate surface area is 164 Å². The number of carbonyl (C=O) groups excluding carboxylic acids is 1. The zero-order valence-electron chi connectivity index (χ0n) is 14.6. The Balaban J connectivity index is 1.77. The number of benzene rings is 2. The standard InChI is InChI=1S/C18H17BrN4O2S/c1-11-4-5-12(2)15(8-11)23-18(20-21-22-23)26-10-16(24)13-6-7-17(25-3)14(19)9-13/h4-9H,10H2,1-3H3. The number of tetrazole rings is 1. The Morgan fingerprint density at radius 1 is 1.23 bits per heavy atom. The second-order valence-electron chi connectivity index (χ2n) is 5.72. The van der Waals surface area contributed by atoms with Gasteiger partial charge in [-0.3, -0.25) is 4.79 Å². The molecule has 0 radical (unpaired) electrons. The molecule has 0 aliphatic carbocycles. The van der Waals surface area contributed by atoms with Crippen molar-refractivity contribution in [1.82, 2.24) is 20.2 Å². The molecule has 0 saturated carbocycles. The predicted octanol–water partition coefficient (Wildman–Crippen LogP) is 4.03. The molecule has 0 aliphatic rings. The highest BCUT2D eigenvalue weighted by molar-refractivity contribution is 9.10. The summed E-state index contributed by atoms with van der Waals surface area (Å²) in [5.74, 6) is 0.922. The van der Waals surface area contributed by atoms with E-state index >= 15 is 0 Å². The van der Waals surface area contributed by atoms with E-state index in [0.29, 0.717) is 16.5 Å². The van der Waals surface area contributed by atoms with Gasteiger partial charge in [-0.2, -0.15) is 4.68 Å². The van der Waals surface area contributed by atoms with Gasteiger partial charge in [0.05, 0.1) is 23.0 Å². The molecular formula is C18H17BrN4O2S. The topological polar surface area (TPSA) is 69.9 Å². The van der Waals surface area contributed by atoms with Crippen molar-refractivity contribution in [2.24, 2.45) is 0 Å². The molecular weight excluding hydrogens is 416 g/mol. The zero-order valence-corrected chi connectivity index (χ0v) is 17.0. The van der Waals surface area contributed by atoms with Gasteiger partial charge in [-0.1, -0.05) is 23.9 Å². The lowest BCUT2D eigenvalue weighted by Gasteiger charge is -2.09. The van der Waals surface area contributed by atoms with Gasteiger partial charge in [-0.05, 0) is 75.6 Å². The zero-order chi connectivity index (χ0) is 18.7. The molecule has 3 rings (SSSR count). The maximum absolute atomic E-state index is 12.5. The predicted molar refractivity (Wildman–Crippen MR) is 104 cm³/mol. The maximum atomic E-state index is 12.5. The van der Waals surface area contributed by atoms with Crippen molar-refractivity contribution in [3.05, 3.63) is 57.6 Å². The Hall–Kier alpha value is -2.19. The minimum absolute atomic E-state index is 0.00568. The number of aryl methyl sites for hydroxylation is 2. The Kier molecular flexibility index (Phi) is 5.73. The normalized spacial score (nSPS) is 10.8. The van der Waals surface area contributed by atoms with E-state index in [0.717, 1.165) is 21.3 Å². The number of methoxy groups -OCH3 is 1. The van der Waals surface area contributed by atoms with Crippen LogP contribution in [0, 0.1) is 13.8 Å². The molecule has 0 spiro atoms. The van der Waals surface area contributed by atoms with Crippen LogP contribution in [-0.4, -0.2) is 38.9 Å². The summed E-state index contributed by atoms with van der Waals surface area (Å²) < 4.78 is 7.61. The number of rotatable bonds is 6. The summed E-state index contributed by atoms with van der Waals surface area (Å²) in [6.07, 6.45) is 0. The average Bonchev–Trinajstić information content (AvgIpc) is 3.10. The van der Waals surface area contributed by atoms with Crippen molar-refractivity contribution >= 4 is 33.5 Å². The highest BCUT2D eigenvalue weighted by Crippen LogP contribution is 2.27. The molecule has 8 heteroatoms. The summed E-state index contributed by atoms with van der Waals surface area (Å²) in [5, 5.41) is 12.5. The Bertz CT molecular complexity index is 958. The number of ketones is 1. The molecule has 3 aromatic rings. The van der Waals surface area contributed by atoms with Gasteiger partial charge in [-0.25, -0.2) is 0 Å². The Morgan fingerprint density at radius 2 is 2.04 bits per heavy atom. The summed E-state index contributed by atoms with van der Waals surface area (Å²) in [6.45, 7) is 4.02. The number of hydrogen-bond acceptors (Lipinski definition) is 6. The number of hydrogen-bond donors (Lipinski definition) is 0. The van der Waals surface area contributed by atoms with Crippen LogP contribution in [0.3, 0.4) is 0 Å². The van der Waals surface area contributed by atoms with Crippen LogP contribution in [0.4, 0.5) is 0 Å². The van der Waals surface area contributed by atoms with E-state index < -0.39 is 0 Å². The van der Waals surface area contributed by atoms with Gasteiger partial charge in [0.1, 0.15) is 5.75 Å². The van der Waals surface area contributed by atoms with E-state index in [4.69, 9.17) is 4.74 Å². The van der Waals surface area contributed by atoms with Crippen molar-refractivity contribution in [3.63, 3.8) is 0 Å². The van der Waals surface area contributed by atoms with Crippen molar-refractivity contribution in [2.45, 2.75) is 19.0 Å². The van der Waals surface area contributed by atoms with Crippen LogP contribution in [0.15, 0.2) is 46.0 Å². The monoisotopic (exact) mass is 432 g/mol. The smallest absolute Gasteiger partial charge is 0.214 e. The second kappa shape index (κ2) is 8.01. The average molecular weight is 433 g/mol. The maximum Gasteiger partial charge on any atom is 0.214 e. The Morgan fingerprint density at radius 3 is 2.77 bits per heavy atom. The minimum atomic E-state index is -0.00568. The highest BCUT2D eigenvalue weighted by atomic mass is 79.9. The highest BCUT2D eigenvalue weighted by Gasteiger charge is 2.15. The SMILES string of the molecule is COc1ccc(C(=O)CSc2nnnn2-c2cc(C)ccc2C)cc1Br. The molecule has 26 heavy (non-hydrogen) atoms. The van der Waals surface area contributed by atoms with E-state index in [1.807, 2.05) is 32.0 Å². The molecule has 0 saturated heterocycles.